The summed E-state index contributed by atoms with van der Waals surface area (Å²) in [6.07, 6.45) is 0.816. The molecule has 0 amide bonds. The minimum Gasteiger partial charge on any atom is -0.304 e. The van der Waals surface area contributed by atoms with E-state index >= 15 is 0 Å². The standard InChI is InChI=1S/C24H22FN5O/c1-4-14(2)30-15(3)26-22-20(24(30)31)21-23(28-19-8-6-5-7-18(19)27-21)29(22)13-16-9-11-17(25)12-10-16/h5-12,14H,4,13H2,1-3H3/t14-/m0/s1. The van der Waals surface area contributed by atoms with E-state index in [9.17, 15) is 9.18 Å². The molecule has 6 nitrogen and oxygen atoms in total. The molecule has 0 aliphatic heterocycles. The van der Waals surface area contributed by atoms with E-state index in [0.717, 1.165) is 23.0 Å². The Morgan fingerprint density at radius 1 is 0.968 bits per heavy atom. The Hall–Kier alpha value is -3.61. The molecule has 0 bridgehead atoms. The van der Waals surface area contributed by atoms with Crippen molar-refractivity contribution < 1.29 is 4.39 Å². The third-order valence-electron chi connectivity index (χ3n) is 5.86. The zero-order valence-electron chi connectivity index (χ0n) is 17.6. The lowest BCUT2D eigenvalue weighted by Crippen LogP contribution is -2.26. The fraction of sp³-hybridized carbons (Fsp3) is 0.250. The van der Waals surface area contributed by atoms with Crippen LogP contribution in [0.3, 0.4) is 0 Å². The van der Waals surface area contributed by atoms with Crippen LogP contribution < -0.4 is 5.56 Å². The van der Waals surface area contributed by atoms with Gasteiger partial charge in [-0.2, -0.15) is 0 Å². The van der Waals surface area contributed by atoms with Crippen LogP contribution in [0, 0.1) is 12.7 Å². The Bertz CT molecular complexity index is 1500. The molecule has 0 N–H and O–H groups in total. The molecule has 156 valence electrons. The van der Waals surface area contributed by atoms with Gasteiger partial charge in [0.25, 0.3) is 5.56 Å². The van der Waals surface area contributed by atoms with E-state index in [1.54, 1.807) is 16.7 Å². The average Bonchev–Trinajstić information content (AvgIpc) is 3.05. The predicted molar refractivity (Wildman–Crippen MR) is 120 cm³/mol. The Morgan fingerprint density at radius 3 is 2.32 bits per heavy atom. The van der Waals surface area contributed by atoms with Gasteiger partial charge in [0.2, 0.25) is 0 Å². The van der Waals surface area contributed by atoms with Crippen LogP contribution in [0.15, 0.2) is 53.3 Å². The highest BCUT2D eigenvalue weighted by molar-refractivity contribution is 6.04. The number of benzene rings is 2. The van der Waals surface area contributed by atoms with E-state index in [1.807, 2.05) is 49.6 Å². The molecule has 0 aliphatic rings. The zero-order chi connectivity index (χ0) is 21.7. The highest BCUT2D eigenvalue weighted by Crippen LogP contribution is 2.27. The van der Waals surface area contributed by atoms with E-state index in [1.165, 1.54) is 12.1 Å². The summed E-state index contributed by atoms with van der Waals surface area (Å²) in [5.74, 6) is 0.363. The number of hydrogen-bond acceptors (Lipinski definition) is 4. The molecule has 0 spiro atoms. The quantitative estimate of drug-likeness (QED) is 0.424. The van der Waals surface area contributed by atoms with Crippen LogP contribution in [-0.4, -0.2) is 24.1 Å². The van der Waals surface area contributed by atoms with E-state index in [0.29, 0.717) is 34.6 Å². The fourth-order valence-electron chi connectivity index (χ4n) is 4.10. The predicted octanol–water partition coefficient (Wildman–Crippen LogP) is 4.76. The van der Waals surface area contributed by atoms with Crippen molar-refractivity contribution in [2.75, 3.05) is 0 Å². The number of rotatable bonds is 4. The van der Waals surface area contributed by atoms with E-state index in [-0.39, 0.29) is 17.4 Å². The molecule has 0 saturated carbocycles. The van der Waals surface area contributed by atoms with Crippen LogP contribution in [0.25, 0.3) is 33.2 Å². The molecule has 1 atom stereocenters. The molecule has 5 rings (SSSR count). The van der Waals surface area contributed by atoms with E-state index in [4.69, 9.17) is 15.0 Å². The first-order valence-corrected chi connectivity index (χ1v) is 10.4. The normalized spacial score (nSPS) is 12.8. The number of nitrogens with zero attached hydrogens (tertiary/aromatic N) is 5. The van der Waals surface area contributed by atoms with Crippen LogP contribution in [0.4, 0.5) is 4.39 Å². The van der Waals surface area contributed by atoms with Gasteiger partial charge in [0.15, 0.2) is 11.3 Å². The van der Waals surface area contributed by atoms with Gasteiger partial charge in [0.05, 0.1) is 17.6 Å². The Morgan fingerprint density at radius 2 is 1.65 bits per heavy atom. The number of aromatic nitrogens is 5. The minimum atomic E-state index is -0.290. The zero-order valence-corrected chi connectivity index (χ0v) is 17.6. The lowest BCUT2D eigenvalue weighted by molar-refractivity contribution is 0.496. The van der Waals surface area contributed by atoms with Gasteiger partial charge in [-0.05, 0) is 50.1 Å². The maximum Gasteiger partial charge on any atom is 0.265 e. The number of fused-ring (bicyclic) bond motifs is 4. The van der Waals surface area contributed by atoms with Crippen molar-refractivity contribution in [3.05, 3.63) is 76.1 Å². The molecule has 3 aromatic heterocycles. The smallest absolute Gasteiger partial charge is 0.265 e. The topological polar surface area (TPSA) is 65.6 Å². The molecular weight excluding hydrogens is 393 g/mol. The summed E-state index contributed by atoms with van der Waals surface area (Å²) in [4.78, 5) is 28.1. The molecule has 5 aromatic rings. The number of hydrogen-bond donors (Lipinski definition) is 0. The van der Waals surface area contributed by atoms with Crippen molar-refractivity contribution >= 4 is 33.2 Å². The van der Waals surface area contributed by atoms with Crippen LogP contribution >= 0.6 is 0 Å². The van der Waals surface area contributed by atoms with Crippen molar-refractivity contribution in [1.29, 1.82) is 0 Å². The molecule has 3 heterocycles. The van der Waals surface area contributed by atoms with Gasteiger partial charge in [-0.25, -0.2) is 19.3 Å². The van der Waals surface area contributed by atoms with Crippen molar-refractivity contribution in [2.45, 2.75) is 39.8 Å². The number of halogens is 1. The van der Waals surface area contributed by atoms with Crippen molar-refractivity contribution in [1.82, 2.24) is 24.1 Å². The third kappa shape index (κ3) is 3.08. The largest absolute Gasteiger partial charge is 0.304 e. The van der Waals surface area contributed by atoms with Gasteiger partial charge >= 0.3 is 0 Å². The second-order valence-corrected chi connectivity index (χ2v) is 7.89. The summed E-state index contributed by atoms with van der Waals surface area (Å²) in [5, 5.41) is 0.473. The summed E-state index contributed by atoms with van der Waals surface area (Å²) in [5.41, 5.74) is 3.96. The summed E-state index contributed by atoms with van der Waals surface area (Å²) in [7, 11) is 0. The molecule has 0 unspecified atom stereocenters. The average molecular weight is 415 g/mol. The molecule has 0 aliphatic carbocycles. The molecule has 31 heavy (non-hydrogen) atoms. The number of para-hydroxylation sites is 2. The fourth-order valence-corrected chi connectivity index (χ4v) is 4.10. The molecular formula is C24H22FN5O. The third-order valence-corrected chi connectivity index (χ3v) is 5.86. The summed E-state index contributed by atoms with van der Waals surface area (Å²) < 4.78 is 17.1. The van der Waals surface area contributed by atoms with Gasteiger partial charge in [-0.3, -0.25) is 9.36 Å². The van der Waals surface area contributed by atoms with Crippen molar-refractivity contribution in [3.63, 3.8) is 0 Å². The van der Waals surface area contributed by atoms with Crippen LogP contribution in [0.5, 0.6) is 0 Å². The lowest BCUT2D eigenvalue weighted by atomic mass is 10.2. The second-order valence-electron chi connectivity index (χ2n) is 7.89. The Labute approximate surface area is 178 Å². The number of aryl methyl sites for hydroxylation is 1. The van der Waals surface area contributed by atoms with Crippen LogP contribution in [-0.2, 0) is 6.54 Å². The Balaban J connectivity index is 1.89. The van der Waals surface area contributed by atoms with Gasteiger partial charge in [0, 0.05) is 6.04 Å². The van der Waals surface area contributed by atoms with Gasteiger partial charge in [0.1, 0.15) is 22.5 Å². The summed E-state index contributed by atoms with van der Waals surface area (Å²) >= 11 is 0. The van der Waals surface area contributed by atoms with Crippen LogP contribution in [0.2, 0.25) is 0 Å². The summed E-state index contributed by atoms with van der Waals surface area (Å²) in [6, 6.07) is 13.9. The minimum absolute atomic E-state index is 0.0216. The monoisotopic (exact) mass is 415 g/mol. The molecule has 2 aromatic carbocycles. The maximum absolute atomic E-state index is 13.6. The van der Waals surface area contributed by atoms with E-state index in [2.05, 4.69) is 0 Å². The molecule has 7 heteroatoms. The lowest BCUT2D eigenvalue weighted by Gasteiger charge is -2.16. The van der Waals surface area contributed by atoms with Gasteiger partial charge in [-0.1, -0.05) is 31.2 Å². The summed E-state index contributed by atoms with van der Waals surface area (Å²) in [6.45, 7) is 6.32. The first kappa shape index (κ1) is 19.4. The molecule has 0 saturated heterocycles. The van der Waals surface area contributed by atoms with Gasteiger partial charge < -0.3 is 4.57 Å². The second kappa shape index (κ2) is 7.27. The maximum atomic E-state index is 13.6. The first-order chi connectivity index (χ1) is 15.0. The molecule has 0 radical (unpaired) electrons. The highest BCUT2D eigenvalue weighted by atomic mass is 19.1. The SMILES string of the molecule is CC[C@H](C)n1c(C)nc2c(c1=O)c1nc3ccccc3nc1n2Cc1ccc(F)cc1. The van der Waals surface area contributed by atoms with Crippen molar-refractivity contribution in [2.24, 2.45) is 0 Å². The Kier molecular flexibility index (Phi) is 4.54. The van der Waals surface area contributed by atoms with Crippen LogP contribution in [0.1, 0.15) is 37.7 Å². The van der Waals surface area contributed by atoms with Gasteiger partial charge in [-0.15, -0.1) is 0 Å². The van der Waals surface area contributed by atoms with E-state index < -0.39 is 0 Å². The van der Waals surface area contributed by atoms with Crippen molar-refractivity contribution in [3.8, 4) is 0 Å². The molecule has 0 fully saturated rings. The highest BCUT2D eigenvalue weighted by Gasteiger charge is 2.22. The first-order valence-electron chi connectivity index (χ1n) is 10.4.